The van der Waals surface area contributed by atoms with Gasteiger partial charge in [-0.25, -0.2) is 4.79 Å². The highest BCUT2D eigenvalue weighted by Crippen LogP contribution is 2.44. The molecule has 0 heterocycles. The standard InChI is InChI=1S/C25H22BrNO2/c26-16-19-8-5-7-18(15-19)9-6-14-27-25(28)29-17-24-22-12-3-1-10-20(22)21-11-2-4-13-23(21)24/h1-13,15,24H,14,16-17H2,(H,27,28). The quantitative estimate of drug-likeness (QED) is 0.461. The van der Waals surface area contributed by atoms with E-state index in [-0.39, 0.29) is 5.92 Å². The monoisotopic (exact) mass is 447 g/mol. The molecule has 0 fully saturated rings. The van der Waals surface area contributed by atoms with Gasteiger partial charge >= 0.3 is 6.09 Å². The van der Waals surface area contributed by atoms with Crippen LogP contribution in [0.15, 0.2) is 78.9 Å². The molecule has 3 aromatic carbocycles. The van der Waals surface area contributed by atoms with E-state index in [1.54, 1.807) is 0 Å². The van der Waals surface area contributed by atoms with Gasteiger partial charge in [-0.05, 0) is 33.4 Å². The van der Waals surface area contributed by atoms with Crippen LogP contribution in [-0.4, -0.2) is 19.2 Å². The molecular weight excluding hydrogens is 426 g/mol. The van der Waals surface area contributed by atoms with Crippen molar-refractivity contribution in [1.82, 2.24) is 5.32 Å². The smallest absolute Gasteiger partial charge is 0.407 e. The molecule has 0 aromatic heterocycles. The number of carbonyl (C=O) groups excluding carboxylic acids is 1. The molecule has 0 aliphatic heterocycles. The number of amides is 1. The third kappa shape index (κ3) is 4.43. The van der Waals surface area contributed by atoms with E-state index in [1.807, 2.05) is 48.6 Å². The van der Waals surface area contributed by atoms with Crippen molar-refractivity contribution in [3.8, 4) is 11.1 Å². The number of fused-ring (bicyclic) bond motifs is 3. The Morgan fingerprint density at radius 2 is 1.66 bits per heavy atom. The third-order valence-corrected chi connectivity index (χ3v) is 5.77. The minimum Gasteiger partial charge on any atom is -0.449 e. The molecule has 4 heteroatoms. The number of alkyl halides is 1. The van der Waals surface area contributed by atoms with Gasteiger partial charge in [0.05, 0.1) is 0 Å². The Hall–Kier alpha value is -2.85. The number of nitrogens with one attached hydrogen (secondary N) is 1. The maximum Gasteiger partial charge on any atom is 0.407 e. The molecule has 0 unspecified atom stereocenters. The fourth-order valence-electron chi connectivity index (χ4n) is 3.77. The summed E-state index contributed by atoms with van der Waals surface area (Å²) in [7, 11) is 0. The summed E-state index contributed by atoms with van der Waals surface area (Å²) in [5.74, 6) is 0.0793. The Bertz CT molecular complexity index is 999. The van der Waals surface area contributed by atoms with Crippen LogP contribution in [0.2, 0.25) is 0 Å². The fourth-order valence-corrected chi connectivity index (χ4v) is 4.12. The first-order chi connectivity index (χ1) is 14.3. The van der Waals surface area contributed by atoms with Gasteiger partial charge in [-0.2, -0.15) is 0 Å². The maximum absolute atomic E-state index is 12.2. The molecule has 3 nitrogen and oxygen atoms in total. The van der Waals surface area contributed by atoms with Crippen LogP contribution in [-0.2, 0) is 10.1 Å². The molecule has 1 aliphatic carbocycles. The molecule has 0 saturated heterocycles. The average Bonchev–Trinajstić information content (AvgIpc) is 3.09. The Kier molecular flexibility index (Phi) is 6.11. The lowest BCUT2D eigenvalue weighted by Crippen LogP contribution is -2.26. The Labute approximate surface area is 179 Å². The molecule has 1 aliphatic rings. The van der Waals surface area contributed by atoms with E-state index in [9.17, 15) is 4.79 Å². The van der Waals surface area contributed by atoms with E-state index in [0.717, 1.165) is 10.9 Å². The molecule has 0 saturated carbocycles. The van der Waals surface area contributed by atoms with Crippen LogP contribution in [0.4, 0.5) is 4.79 Å². The number of benzene rings is 3. The number of alkyl carbamates (subject to hydrolysis) is 1. The summed E-state index contributed by atoms with van der Waals surface area (Å²) in [4.78, 5) is 12.2. The number of carbonyl (C=O) groups is 1. The van der Waals surface area contributed by atoms with Gasteiger partial charge in [0.2, 0.25) is 0 Å². The summed E-state index contributed by atoms with van der Waals surface area (Å²) in [5.41, 5.74) is 7.21. The van der Waals surface area contributed by atoms with Crippen molar-refractivity contribution in [2.24, 2.45) is 0 Å². The van der Waals surface area contributed by atoms with Crippen molar-refractivity contribution in [2.45, 2.75) is 11.2 Å². The van der Waals surface area contributed by atoms with E-state index in [2.05, 4.69) is 57.6 Å². The molecular formula is C25H22BrNO2. The van der Waals surface area contributed by atoms with Crippen LogP contribution >= 0.6 is 15.9 Å². The predicted molar refractivity (Wildman–Crippen MR) is 121 cm³/mol. The first-order valence-corrected chi connectivity index (χ1v) is 10.8. The van der Waals surface area contributed by atoms with Crippen molar-refractivity contribution in [1.29, 1.82) is 0 Å². The van der Waals surface area contributed by atoms with Crippen molar-refractivity contribution >= 4 is 28.1 Å². The highest BCUT2D eigenvalue weighted by Gasteiger charge is 2.28. The molecule has 146 valence electrons. The Balaban J connectivity index is 1.32. The van der Waals surface area contributed by atoms with Crippen LogP contribution in [0.1, 0.15) is 28.2 Å². The summed E-state index contributed by atoms with van der Waals surface area (Å²) in [6, 6.07) is 24.9. The van der Waals surface area contributed by atoms with Crippen molar-refractivity contribution in [3.05, 3.63) is 101 Å². The summed E-state index contributed by atoms with van der Waals surface area (Å²) in [6.07, 6.45) is 3.52. The molecule has 1 N–H and O–H groups in total. The minimum absolute atomic E-state index is 0.0793. The average molecular weight is 448 g/mol. The lowest BCUT2D eigenvalue weighted by molar-refractivity contribution is 0.144. The Morgan fingerprint density at radius 1 is 0.966 bits per heavy atom. The number of hydrogen-bond donors (Lipinski definition) is 1. The lowest BCUT2D eigenvalue weighted by atomic mass is 9.98. The van der Waals surface area contributed by atoms with Gasteiger partial charge in [-0.15, -0.1) is 0 Å². The third-order valence-electron chi connectivity index (χ3n) is 5.12. The van der Waals surface area contributed by atoms with E-state index in [4.69, 9.17) is 4.74 Å². The zero-order valence-electron chi connectivity index (χ0n) is 16.0. The molecule has 4 rings (SSSR count). The van der Waals surface area contributed by atoms with Gasteiger partial charge in [0.1, 0.15) is 6.61 Å². The molecule has 0 spiro atoms. The predicted octanol–water partition coefficient (Wildman–Crippen LogP) is 6.13. The van der Waals surface area contributed by atoms with E-state index in [1.165, 1.54) is 27.8 Å². The number of hydrogen-bond acceptors (Lipinski definition) is 2. The maximum atomic E-state index is 12.2. The van der Waals surface area contributed by atoms with Gasteiger partial charge in [0.15, 0.2) is 0 Å². The molecule has 1 amide bonds. The number of rotatable bonds is 6. The topological polar surface area (TPSA) is 38.3 Å². The van der Waals surface area contributed by atoms with Crippen LogP contribution in [0, 0.1) is 0 Å². The van der Waals surface area contributed by atoms with Gasteiger partial charge in [0, 0.05) is 17.8 Å². The number of halogens is 1. The summed E-state index contributed by atoms with van der Waals surface area (Å²) in [6.45, 7) is 0.756. The van der Waals surface area contributed by atoms with E-state index >= 15 is 0 Å². The van der Waals surface area contributed by atoms with Crippen molar-refractivity contribution in [3.63, 3.8) is 0 Å². The highest BCUT2D eigenvalue weighted by atomic mass is 79.9. The van der Waals surface area contributed by atoms with Gasteiger partial charge in [0.25, 0.3) is 0 Å². The summed E-state index contributed by atoms with van der Waals surface area (Å²) in [5, 5.41) is 3.62. The van der Waals surface area contributed by atoms with Crippen LogP contribution < -0.4 is 5.32 Å². The second kappa shape index (κ2) is 9.10. The largest absolute Gasteiger partial charge is 0.449 e. The second-order valence-electron chi connectivity index (χ2n) is 6.99. The van der Waals surface area contributed by atoms with Crippen molar-refractivity contribution in [2.75, 3.05) is 13.2 Å². The first-order valence-electron chi connectivity index (χ1n) is 9.66. The first kappa shape index (κ1) is 19.5. The zero-order valence-corrected chi connectivity index (χ0v) is 17.6. The Morgan fingerprint density at radius 3 is 2.34 bits per heavy atom. The van der Waals surface area contributed by atoms with E-state index < -0.39 is 6.09 Å². The fraction of sp³-hybridized carbons (Fsp3) is 0.160. The molecule has 0 atom stereocenters. The number of ether oxygens (including phenoxy) is 1. The van der Waals surface area contributed by atoms with E-state index in [0.29, 0.717) is 13.2 Å². The molecule has 3 aromatic rings. The normalized spacial score (nSPS) is 12.6. The molecule has 0 radical (unpaired) electrons. The molecule has 29 heavy (non-hydrogen) atoms. The summed E-state index contributed by atoms with van der Waals surface area (Å²) < 4.78 is 5.54. The minimum atomic E-state index is -0.397. The molecule has 0 bridgehead atoms. The van der Waals surface area contributed by atoms with Gasteiger partial charge < -0.3 is 10.1 Å². The SMILES string of the molecule is O=C(NCC=Cc1cccc(CBr)c1)OCC1c2ccccc2-c2ccccc21. The summed E-state index contributed by atoms with van der Waals surface area (Å²) >= 11 is 3.46. The van der Waals surface area contributed by atoms with Crippen molar-refractivity contribution < 1.29 is 9.53 Å². The van der Waals surface area contributed by atoms with Gasteiger partial charge in [-0.3, -0.25) is 0 Å². The van der Waals surface area contributed by atoms with Crippen LogP contribution in [0.25, 0.3) is 17.2 Å². The van der Waals surface area contributed by atoms with Crippen LogP contribution in [0.5, 0.6) is 0 Å². The zero-order chi connectivity index (χ0) is 20.1. The van der Waals surface area contributed by atoms with Gasteiger partial charge in [-0.1, -0.05) is 101 Å². The highest BCUT2D eigenvalue weighted by molar-refractivity contribution is 9.08. The van der Waals surface area contributed by atoms with Crippen LogP contribution in [0.3, 0.4) is 0 Å². The lowest BCUT2D eigenvalue weighted by Gasteiger charge is -2.14. The second-order valence-corrected chi connectivity index (χ2v) is 7.55.